The van der Waals surface area contributed by atoms with Crippen LogP contribution in [0.15, 0.2) is 103 Å². The van der Waals surface area contributed by atoms with Crippen molar-refractivity contribution in [3.63, 3.8) is 0 Å². The Kier molecular flexibility index (Phi) is 13.4. The summed E-state index contributed by atoms with van der Waals surface area (Å²) < 4.78 is 12.2. The number of carbonyl (C=O) groups is 1. The van der Waals surface area contributed by atoms with Gasteiger partial charge in [-0.2, -0.15) is 0 Å². The van der Waals surface area contributed by atoms with Gasteiger partial charge in [0.15, 0.2) is 23.0 Å². The molecule has 1 aromatic heterocycles. The number of aliphatic hydroxyl groups excluding tert-OH is 1. The van der Waals surface area contributed by atoms with E-state index in [0.717, 1.165) is 93.0 Å². The average molecular weight is 1090 g/mol. The molecule has 12 unspecified atom stereocenters. The quantitative estimate of drug-likeness (QED) is 0.0341. The number of hydrogen-bond donors (Lipinski definition) is 10. The van der Waals surface area contributed by atoms with Gasteiger partial charge in [-0.3, -0.25) is 10.5 Å². The zero-order valence-corrected chi connectivity index (χ0v) is 45.4. The number of aromatic amines is 1. The van der Waals surface area contributed by atoms with E-state index in [1.807, 2.05) is 6.07 Å². The molecular formula is C67H76N2O11. The van der Waals surface area contributed by atoms with Gasteiger partial charge in [0, 0.05) is 52.8 Å². The number of nitrogens with one attached hydrogen (secondary N) is 1. The lowest BCUT2D eigenvalue weighted by Gasteiger charge is -2.56. The van der Waals surface area contributed by atoms with Crippen LogP contribution in [0.5, 0.6) is 46.0 Å². The lowest BCUT2D eigenvalue weighted by molar-refractivity contribution is -0.136. The van der Waals surface area contributed by atoms with Gasteiger partial charge >= 0.3 is 0 Å². The zero-order chi connectivity index (χ0) is 55.2. The average Bonchev–Trinajstić information content (AvgIpc) is 4.43. The van der Waals surface area contributed by atoms with Crippen LogP contribution in [0.25, 0.3) is 11.3 Å². The molecule has 80 heavy (non-hydrogen) atoms. The van der Waals surface area contributed by atoms with Crippen molar-refractivity contribution >= 4 is 5.78 Å². The first-order valence-corrected chi connectivity index (χ1v) is 29.5. The number of carbonyl (C=O) groups excluding carboxylic acids is 1. The van der Waals surface area contributed by atoms with E-state index in [4.69, 9.17) is 15.2 Å². The fourth-order valence-corrected chi connectivity index (χ4v) is 18.4. The molecule has 8 aliphatic rings. The van der Waals surface area contributed by atoms with Crippen molar-refractivity contribution in [1.82, 2.24) is 4.98 Å². The summed E-state index contributed by atoms with van der Waals surface area (Å²) in [6.07, 6.45) is 14.3. The Morgan fingerprint density at radius 3 is 2.40 bits per heavy atom. The van der Waals surface area contributed by atoms with Crippen LogP contribution in [0.4, 0.5) is 0 Å². The second kappa shape index (κ2) is 20.4. The lowest BCUT2D eigenvalue weighted by Crippen LogP contribution is -2.53. The minimum Gasteiger partial charge on any atom is -0.508 e. The second-order valence-corrected chi connectivity index (χ2v) is 25.5. The molecule has 6 aromatic rings. The number of aryl methyl sites for hydroxylation is 1. The third-order valence-electron chi connectivity index (χ3n) is 21.6. The maximum absolute atomic E-state index is 15.3. The predicted molar refractivity (Wildman–Crippen MR) is 302 cm³/mol. The molecule has 13 nitrogen and oxygen atoms in total. The third-order valence-corrected chi connectivity index (χ3v) is 21.6. The first-order chi connectivity index (χ1) is 38.7. The minimum absolute atomic E-state index is 0.00505. The van der Waals surface area contributed by atoms with E-state index in [1.54, 1.807) is 48.5 Å². The van der Waals surface area contributed by atoms with Gasteiger partial charge in [0.05, 0.1) is 11.7 Å². The highest BCUT2D eigenvalue weighted by Gasteiger charge is 2.69. The molecule has 11 N–H and O–H groups in total. The van der Waals surface area contributed by atoms with Crippen molar-refractivity contribution in [2.45, 2.75) is 151 Å². The van der Waals surface area contributed by atoms with Crippen molar-refractivity contribution < 1.29 is 55.1 Å². The van der Waals surface area contributed by atoms with Crippen LogP contribution in [0.3, 0.4) is 0 Å². The van der Waals surface area contributed by atoms with Gasteiger partial charge in [0.1, 0.15) is 36.4 Å². The van der Waals surface area contributed by atoms with E-state index in [0.29, 0.717) is 49.1 Å². The summed E-state index contributed by atoms with van der Waals surface area (Å²) >= 11 is 0. The molecule has 8 aliphatic carbocycles. The van der Waals surface area contributed by atoms with Gasteiger partial charge < -0.3 is 55.3 Å². The molecule has 5 saturated carbocycles. The van der Waals surface area contributed by atoms with Crippen molar-refractivity contribution in [3.05, 3.63) is 142 Å². The van der Waals surface area contributed by atoms with Crippen LogP contribution < -0.4 is 15.2 Å². The number of aliphatic hydroxyl groups is 2. The number of benzene rings is 5. The summed E-state index contributed by atoms with van der Waals surface area (Å²) in [5, 5.41) is 92.6. The highest BCUT2D eigenvalue weighted by atomic mass is 16.5. The van der Waals surface area contributed by atoms with Gasteiger partial charge in [-0.05, 0) is 213 Å². The van der Waals surface area contributed by atoms with E-state index < -0.39 is 34.9 Å². The molecule has 0 amide bonds. The summed E-state index contributed by atoms with van der Waals surface area (Å²) in [6.45, 7) is -0.128. The van der Waals surface area contributed by atoms with Crippen molar-refractivity contribution in [2.24, 2.45) is 46.7 Å². The van der Waals surface area contributed by atoms with Crippen LogP contribution in [0.2, 0.25) is 0 Å². The predicted octanol–water partition coefficient (Wildman–Crippen LogP) is 11.8. The molecule has 0 saturated heterocycles. The highest BCUT2D eigenvalue weighted by Crippen LogP contribution is 2.77. The molecule has 0 radical (unpaired) electrons. The van der Waals surface area contributed by atoms with Crippen molar-refractivity contribution in [2.75, 3.05) is 6.73 Å². The summed E-state index contributed by atoms with van der Waals surface area (Å²) in [6, 6.07) is 29.4. The smallest absolute Gasteiger partial charge is 0.200 e. The standard InChI is InChI=1S/C67H76N2O11/c68-36-80-56-27-37(11-15-53(56)73)10-14-52(72)48-29-41(28-40-12-13-44(71)32-54(40)74)47-30-42-31-51(58(59(47)61(48)76)49-33-55(75)62(77)63(57(42)49)79-35-39-6-5-7-43(70)26-39)67-24-23-65(21-16-38(34-65)17-22-66(78)19-3-4-20-66)64(67)46-18-25-69-60(46)45-8-1-2-9-50(45)67/h1-2,5-9,11-13,15,18,25-27,32-33,38,41-42,47-48,51,58-59,61,64,69-71,73-78H,3-4,10,14,16-17,19-24,28-31,34-36,68H2. The Hall–Kier alpha value is -6.67. The monoisotopic (exact) mass is 1080 g/mol. The van der Waals surface area contributed by atoms with Gasteiger partial charge in [-0.1, -0.05) is 61.4 Å². The number of hydrogen-bond acceptors (Lipinski definition) is 12. The van der Waals surface area contributed by atoms with Gasteiger partial charge in [0.25, 0.3) is 0 Å². The molecular weight excluding hydrogens is 1010 g/mol. The van der Waals surface area contributed by atoms with E-state index >= 15 is 4.79 Å². The van der Waals surface area contributed by atoms with Gasteiger partial charge in [-0.25, -0.2) is 0 Å². The maximum Gasteiger partial charge on any atom is 0.200 e. The molecule has 5 fully saturated rings. The molecule has 0 aliphatic heterocycles. The third kappa shape index (κ3) is 8.79. The van der Waals surface area contributed by atoms with Crippen LogP contribution in [0.1, 0.15) is 153 Å². The summed E-state index contributed by atoms with van der Waals surface area (Å²) in [5.41, 5.74) is 13.2. The summed E-state index contributed by atoms with van der Waals surface area (Å²) in [7, 11) is 0. The Bertz CT molecular complexity index is 3330. The minimum atomic E-state index is -1.12. The molecule has 2 bridgehead atoms. The van der Waals surface area contributed by atoms with Crippen molar-refractivity contribution in [1.29, 1.82) is 0 Å². The molecule has 12 atom stereocenters. The van der Waals surface area contributed by atoms with Crippen molar-refractivity contribution in [3.8, 4) is 57.3 Å². The fourth-order valence-electron chi connectivity index (χ4n) is 18.4. The summed E-state index contributed by atoms with van der Waals surface area (Å²) in [5.74, 6) is -2.51. The van der Waals surface area contributed by atoms with Crippen LogP contribution >= 0.6 is 0 Å². The number of aromatic hydroxyl groups is 6. The van der Waals surface area contributed by atoms with Gasteiger partial charge in [0.2, 0.25) is 5.75 Å². The Labute approximate surface area is 467 Å². The number of nitrogens with two attached hydrogens (primary N) is 1. The molecule has 1 spiro atoms. The first-order valence-electron chi connectivity index (χ1n) is 29.5. The molecule has 5 aromatic carbocycles. The summed E-state index contributed by atoms with van der Waals surface area (Å²) in [4.78, 5) is 19.0. The topological polar surface area (TPSA) is 239 Å². The maximum atomic E-state index is 15.3. The van der Waals surface area contributed by atoms with E-state index in [9.17, 15) is 40.9 Å². The Morgan fingerprint density at radius 1 is 0.762 bits per heavy atom. The fraction of sp³-hybridized carbons (Fsp3) is 0.478. The number of Topliss-reactive ketones (excluding diaryl/α,β-unsaturated/α-hetero) is 1. The molecule has 13 heteroatoms. The number of phenolic OH excluding ortho intramolecular Hbond substituents is 6. The first kappa shape index (κ1) is 52.7. The van der Waals surface area contributed by atoms with Crippen LogP contribution in [0, 0.1) is 40.9 Å². The highest BCUT2D eigenvalue weighted by molar-refractivity contribution is 5.82. The van der Waals surface area contributed by atoms with Crippen LogP contribution in [-0.4, -0.2) is 70.1 Å². The Morgan fingerprint density at radius 2 is 1.59 bits per heavy atom. The molecule has 14 rings (SSSR count). The second-order valence-electron chi connectivity index (χ2n) is 25.5. The van der Waals surface area contributed by atoms with Gasteiger partial charge in [-0.15, -0.1) is 0 Å². The number of ether oxygens (including phenoxy) is 2. The number of aromatic nitrogens is 1. The van der Waals surface area contributed by atoms with E-state index in [-0.39, 0.29) is 107 Å². The largest absolute Gasteiger partial charge is 0.508 e. The number of H-pyrrole nitrogens is 1. The number of ketones is 1. The zero-order valence-electron chi connectivity index (χ0n) is 45.4. The van der Waals surface area contributed by atoms with E-state index in [1.165, 1.54) is 28.8 Å². The lowest BCUT2D eigenvalue weighted by atomic mass is 9.47. The number of rotatable bonds is 15. The number of phenols is 6. The molecule has 1 heterocycles. The SMILES string of the molecule is NCOc1cc(CCC(=O)C2CC(Cc3ccc(O)cc3O)C3CC4CC(C56CCC7(CCC(CCC8(O)CCCC8)C7)C5c5cc[nH]c5-c5ccccc56)C(c5cc(O)c(O)c(OCc6cccc(O)c6)c54)C3C2O)ccc1O. The number of fused-ring (bicyclic) bond motifs is 9. The Balaban J connectivity index is 0.972. The molecule has 420 valence electrons. The van der Waals surface area contributed by atoms with E-state index in [2.05, 4.69) is 41.5 Å². The van der Waals surface area contributed by atoms with Crippen LogP contribution in [-0.2, 0) is 29.7 Å². The normalized spacial score (nSPS) is 30.5.